The Labute approximate surface area is 67.0 Å². The van der Waals surface area contributed by atoms with Gasteiger partial charge in [0.25, 0.3) is 0 Å². The van der Waals surface area contributed by atoms with Gasteiger partial charge in [-0.15, -0.1) is 0 Å². The molecule has 0 aliphatic heterocycles. The smallest absolute Gasteiger partial charge is 0.0629 e. The Morgan fingerprint density at radius 3 is 2.55 bits per heavy atom. The van der Waals surface area contributed by atoms with Crippen LogP contribution in [0, 0.1) is 13.8 Å². The predicted molar refractivity (Wildman–Crippen MR) is 45.5 cm³/mol. The zero-order chi connectivity index (χ0) is 8.43. The van der Waals surface area contributed by atoms with E-state index in [2.05, 4.69) is 17.1 Å². The van der Waals surface area contributed by atoms with E-state index in [4.69, 9.17) is 5.73 Å². The Kier molecular flexibility index (Phi) is 2.29. The average molecular weight is 153 g/mol. The normalized spacial score (nSPS) is 13.5. The van der Waals surface area contributed by atoms with E-state index in [9.17, 15) is 0 Å². The van der Waals surface area contributed by atoms with Crippen molar-refractivity contribution in [3.63, 3.8) is 0 Å². The van der Waals surface area contributed by atoms with E-state index in [0.29, 0.717) is 12.5 Å². The molecule has 0 saturated carbocycles. The van der Waals surface area contributed by atoms with Gasteiger partial charge in [-0.05, 0) is 31.9 Å². The molecule has 3 nitrogen and oxygen atoms in total. The number of nitrogens with one attached hydrogen (secondary N) is 1. The minimum atomic E-state index is 0.411. The fourth-order valence-electron chi connectivity index (χ4n) is 1.40. The van der Waals surface area contributed by atoms with Crippen LogP contribution in [-0.4, -0.2) is 16.7 Å². The third-order valence-corrected chi connectivity index (χ3v) is 2.03. The lowest BCUT2D eigenvalue weighted by Crippen LogP contribution is -2.10. The minimum Gasteiger partial charge on any atom is -0.330 e. The summed E-state index contributed by atoms with van der Waals surface area (Å²) in [5.41, 5.74) is 9.04. The second-order valence-corrected chi connectivity index (χ2v) is 2.98. The summed E-state index contributed by atoms with van der Waals surface area (Å²) in [6, 6.07) is 0. The van der Waals surface area contributed by atoms with Crippen LogP contribution in [0.3, 0.4) is 0 Å². The molecule has 0 bridgehead atoms. The second-order valence-electron chi connectivity index (χ2n) is 2.98. The number of H-pyrrole nitrogens is 1. The zero-order valence-corrected chi connectivity index (χ0v) is 7.31. The van der Waals surface area contributed by atoms with Gasteiger partial charge in [0, 0.05) is 5.69 Å². The molecule has 0 aliphatic rings. The van der Waals surface area contributed by atoms with Crippen LogP contribution in [0.25, 0.3) is 0 Å². The lowest BCUT2D eigenvalue weighted by atomic mass is 10.00. The summed E-state index contributed by atoms with van der Waals surface area (Å²) in [6.07, 6.45) is 0. The molecule has 0 fully saturated rings. The first-order valence-corrected chi connectivity index (χ1v) is 3.88. The van der Waals surface area contributed by atoms with Crippen molar-refractivity contribution in [3.8, 4) is 0 Å². The number of aromatic nitrogens is 2. The monoisotopic (exact) mass is 153 g/mol. The van der Waals surface area contributed by atoms with Crippen molar-refractivity contribution in [2.75, 3.05) is 6.54 Å². The fourth-order valence-corrected chi connectivity index (χ4v) is 1.40. The first kappa shape index (κ1) is 8.27. The minimum absolute atomic E-state index is 0.411. The lowest BCUT2D eigenvalue weighted by Gasteiger charge is -2.07. The summed E-state index contributed by atoms with van der Waals surface area (Å²) in [6.45, 7) is 6.83. The first-order chi connectivity index (χ1) is 5.16. The molecule has 0 radical (unpaired) electrons. The number of hydrogen-bond donors (Lipinski definition) is 2. The van der Waals surface area contributed by atoms with Crippen LogP contribution in [0.1, 0.15) is 29.8 Å². The van der Waals surface area contributed by atoms with Crippen molar-refractivity contribution in [1.29, 1.82) is 0 Å². The van der Waals surface area contributed by atoms with Crippen LogP contribution in [-0.2, 0) is 0 Å². The molecule has 1 unspecified atom stereocenters. The highest BCUT2D eigenvalue weighted by Gasteiger charge is 2.11. The van der Waals surface area contributed by atoms with E-state index < -0.39 is 0 Å². The molecule has 0 saturated heterocycles. The van der Waals surface area contributed by atoms with E-state index in [1.54, 1.807) is 0 Å². The standard InChI is InChI=1S/C8H15N3/c1-5(4-9)8-6(2)10-11-7(8)3/h5H,4,9H2,1-3H3,(H,10,11). The van der Waals surface area contributed by atoms with Crippen molar-refractivity contribution < 1.29 is 0 Å². The Bertz CT molecular complexity index is 220. The van der Waals surface area contributed by atoms with Gasteiger partial charge in [-0.1, -0.05) is 6.92 Å². The predicted octanol–water partition coefficient (Wildman–Crippen LogP) is 1.09. The van der Waals surface area contributed by atoms with Crippen LogP contribution in [0.2, 0.25) is 0 Å². The summed E-state index contributed by atoms with van der Waals surface area (Å²) >= 11 is 0. The molecule has 0 spiro atoms. The summed E-state index contributed by atoms with van der Waals surface area (Å²) in [7, 11) is 0. The Hall–Kier alpha value is -0.830. The summed E-state index contributed by atoms with van der Waals surface area (Å²) in [4.78, 5) is 0. The molecule has 0 amide bonds. The number of rotatable bonds is 2. The van der Waals surface area contributed by atoms with Crippen LogP contribution >= 0.6 is 0 Å². The number of aryl methyl sites for hydroxylation is 2. The van der Waals surface area contributed by atoms with Crippen LogP contribution in [0.4, 0.5) is 0 Å². The van der Waals surface area contributed by atoms with E-state index in [1.807, 2.05) is 13.8 Å². The average Bonchev–Trinajstić information content (AvgIpc) is 2.30. The summed E-state index contributed by atoms with van der Waals surface area (Å²) in [5.74, 6) is 0.411. The molecule has 1 atom stereocenters. The zero-order valence-electron chi connectivity index (χ0n) is 7.31. The number of hydrogen-bond acceptors (Lipinski definition) is 2. The van der Waals surface area contributed by atoms with Gasteiger partial charge in [-0.3, -0.25) is 5.10 Å². The van der Waals surface area contributed by atoms with E-state index in [0.717, 1.165) is 11.4 Å². The van der Waals surface area contributed by atoms with Crippen molar-refractivity contribution in [2.24, 2.45) is 5.73 Å². The molecule has 1 rings (SSSR count). The Morgan fingerprint density at radius 2 is 2.18 bits per heavy atom. The highest BCUT2D eigenvalue weighted by Crippen LogP contribution is 2.19. The maximum Gasteiger partial charge on any atom is 0.0629 e. The highest BCUT2D eigenvalue weighted by atomic mass is 15.1. The van der Waals surface area contributed by atoms with Crippen molar-refractivity contribution >= 4 is 0 Å². The van der Waals surface area contributed by atoms with Gasteiger partial charge in [0.2, 0.25) is 0 Å². The van der Waals surface area contributed by atoms with Gasteiger partial charge in [-0.25, -0.2) is 0 Å². The maximum absolute atomic E-state index is 5.56. The van der Waals surface area contributed by atoms with Gasteiger partial charge in [-0.2, -0.15) is 5.10 Å². The molecule has 1 aromatic rings. The Morgan fingerprint density at radius 1 is 1.55 bits per heavy atom. The first-order valence-electron chi connectivity index (χ1n) is 3.88. The van der Waals surface area contributed by atoms with Crippen LogP contribution < -0.4 is 5.73 Å². The molecular formula is C8H15N3. The molecule has 3 N–H and O–H groups in total. The number of aromatic amines is 1. The summed E-state index contributed by atoms with van der Waals surface area (Å²) in [5, 5.41) is 7.05. The largest absolute Gasteiger partial charge is 0.330 e. The third kappa shape index (κ3) is 1.43. The van der Waals surface area contributed by atoms with E-state index >= 15 is 0 Å². The maximum atomic E-state index is 5.56. The highest BCUT2D eigenvalue weighted by molar-refractivity contribution is 5.27. The lowest BCUT2D eigenvalue weighted by molar-refractivity contribution is 0.762. The molecule has 0 aromatic carbocycles. The summed E-state index contributed by atoms with van der Waals surface area (Å²) < 4.78 is 0. The third-order valence-electron chi connectivity index (χ3n) is 2.03. The second kappa shape index (κ2) is 3.05. The molecule has 1 heterocycles. The van der Waals surface area contributed by atoms with Gasteiger partial charge < -0.3 is 5.73 Å². The Balaban J connectivity index is 3.00. The van der Waals surface area contributed by atoms with Crippen molar-refractivity contribution in [2.45, 2.75) is 26.7 Å². The molecule has 62 valence electrons. The van der Waals surface area contributed by atoms with Crippen molar-refractivity contribution in [1.82, 2.24) is 10.2 Å². The van der Waals surface area contributed by atoms with Crippen molar-refractivity contribution in [3.05, 3.63) is 17.0 Å². The number of nitrogens with zero attached hydrogens (tertiary/aromatic N) is 1. The quantitative estimate of drug-likeness (QED) is 0.668. The van der Waals surface area contributed by atoms with Gasteiger partial charge in [0.15, 0.2) is 0 Å². The van der Waals surface area contributed by atoms with Gasteiger partial charge in [0.1, 0.15) is 0 Å². The van der Waals surface area contributed by atoms with E-state index in [-0.39, 0.29) is 0 Å². The van der Waals surface area contributed by atoms with Crippen LogP contribution in [0.15, 0.2) is 0 Å². The SMILES string of the molecule is Cc1n[nH]c(C)c1C(C)CN. The number of nitrogens with two attached hydrogens (primary N) is 1. The van der Waals surface area contributed by atoms with Crippen LogP contribution in [0.5, 0.6) is 0 Å². The van der Waals surface area contributed by atoms with Gasteiger partial charge >= 0.3 is 0 Å². The molecule has 1 aromatic heterocycles. The molecule has 0 aliphatic carbocycles. The van der Waals surface area contributed by atoms with E-state index in [1.165, 1.54) is 5.56 Å². The molecule has 3 heteroatoms. The topological polar surface area (TPSA) is 54.7 Å². The molecular weight excluding hydrogens is 138 g/mol. The fraction of sp³-hybridized carbons (Fsp3) is 0.625. The molecule has 11 heavy (non-hydrogen) atoms. The van der Waals surface area contributed by atoms with Gasteiger partial charge in [0.05, 0.1) is 5.69 Å².